The van der Waals surface area contributed by atoms with Crippen LogP contribution in [0.2, 0.25) is 0 Å². The lowest BCUT2D eigenvalue weighted by Gasteiger charge is -2.35. The number of carbonyl (C=O) groups is 1. The van der Waals surface area contributed by atoms with Gasteiger partial charge in [-0.1, -0.05) is 0 Å². The second kappa shape index (κ2) is 8.75. The highest BCUT2D eigenvalue weighted by molar-refractivity contribution is 5.90. The standard InChI is InChI=1S/C19H24N6O3/c1-14-13-18(21-15(2)20-14)24-11-9-23(10-12-24)8-7-19(26)22-16-3-5-17(6-4-16)25(27)28/h3-6,13H,7-12H2,1-2H3,(H,22,26). The Labute approximate surface area is 163 Å². The molecule has 0 saturated carbocycles. The first kappa shape index (κ1) is 19.7. The molecule has 28 heavy (non-hydrogen) atoms. The predicted molar refractivity (Wildman–Crippen MR) is 107 cm³/mol. The highest BCUT2D eigenvalue weighted by Gasteiger charge is 2.19. The van der Waals surface area contributed by atoms with Gasteiger partial charge in [-0.25, -0.2) is 9.97 Å². The summed E-state index contributed by atoms with van der Waals surface area (Å²) in [5.74, 6) is 1.64. The Hall–Kier alpha value is -3.07. The first-order valence-electron chi connectivity index (χ1n) is 9.24. The molecular weight excluding hydrogens is 360 g/mol. The number of nitro groups is 1. The number of carbonyl (C=O) groups excluding carboxylic acids is 1. The second-order valence-electron chi connectivity index (χ2n) is 6.85. The fraction of sp³-hybridized carbons (Fsp3) is 0.421. The van der Waals surface area contributed by atoms with Crippen molar-refractivity contribution in [1.82, 2.24) is 14.9 Å². The van der Waals surface area contributed by atoms with Crippen molar-refractivity contribution in [1.29, 1.82) is 0 Å². The highest BCUT2D eigenvalue weighted by Crippen LogP contribution is 2.17. The highest BCUT2D eigenvalue weighted by atomic mass is 16.6. The summed E-state index contributed by atoms with van der Waals surface area (Å²) >= 11 is 0. The van der Waals surface area contributed by atoms with Crippen LogP contribution in [0.3, 0.4) is 0 Å². The number of piperazine rings is 1. The molecule has 0 aliphatic carbocycles. The third-order valence-corrected chi connectivity index (χ3v) is 4.67. The number of nitrogens with one attached hydrogen (secondary N) is 1. The van der Waals surface area contributed by atoms with E-state index < -0.39 is 4.92 Å². The molecule has 0 unspecified atom stereocenters. The SMILES string of the molecule is Cc1cc(N2CCN(CCC(=O)Nc3ccc([N+](=O)[O-])cc3)CC2)nc(C)n1. The Kier molecular flexibility index (Phi) is 6.15. The van der Waals surface area contributed by atoms with Crippen molar-refractivity contribution < 1.29 is 9.72 Å². The van der Waals surface area contributed by atoms with Crippen LogP contribution >= 0.6 is 0 Å². The molecule has 0 radical (unpaired) electrons. The van der Waals surface area contributed by atoms with Crippen LogP contribution in [0, 0.1) is 24.0 Å². The van der Waals surface area contributed by atoms with Gasteiger partial charge in [-0.05, 0) is 26.0 Å². The summed E-state index contributed by atoms with van der Waals surface area (Å²) in [5.41, 5.74) is 1.53. The van der Waals surface area contributed by atoms with E-state index in [1.165, 1.54) is 12.1 Å². The van der Waals surface area contributed by atoms with Crippen LogP contribution in [-0.2, 0) is 4.79 Å². The fourth-order valence-corrected chi connectivity index (χ4v) is 3.21. The molecule has 1 aliphatic heterocycles. The van der Waals surface area contributed by atoms with Gasteiger partial charge in [0.15, 0.2) is 0 Å². The summed E-state index contributed by atoms with van der Waals surface area (Å²) in [7, 11) is 0. The second-order valence-corrected chi connectivity index (χ2v) is 6.85. The maximum Gasteiger partial charge on any atom is 0.269 e. The van der Waals surface area contributed by atoms with Crippen LogP contribution < -0.4 is 10.2 Å². The van der Waals surface area contributed by atoms with Crippen molar-refractivity contribution in [3.05, 3.63) is 52.0 Å². The topological polar surface area (TPSA) is 104 Å². The molecule has 3 rings (SSSR count). The maximum atomic E-state index is 12.1. The number of hydrogen-bond acceptors (Lipinski definition) is 7. The Morgan fingerprint density at radius 1 is 1.14 bits per heavy atom. The first-order chi connectivity index (χ1) is 13.4. The van der Waals surface area contributed by atoms with Gasteiger partial charge in [-0.3, -0.25) is 19.8 Å². The zero-order chi connectivity index (χ0) is 20.1. The molecule has 1 aromatic heterocycles. The van der Waals surface area contributed by atoms with Crippen molar-refractivity contribution in [2.45, 2.75) is 20.3 Å². The van der Waals surface area contributed by atoms with Crippen molar-refractivity contribution in [3.63, 3.8) is 0 Å². The molecule has 1 saturated heterocycles. The van der Waals surface area contributed by atoms with E-state index in [-0.39, 0.29) is 11.6 Å². The van der Waals surface area contributed by atoms with Gasteiger partial charge in [0.25, 0.3) is 5.69 Å². The zero-order valence-electron chi connectivity index (χ0n) is 16.1. The van der Waals surface area contributed by atoms with Gasteiger partial charge >= 0.3 is 0 Å². The molecule has 148 valence electrons. The molecular formula is C19H24N6O3. The maximum absolute atomic E-state index is 12.1. The van der Waals surface area contributed by atoms with Crippen LogP contribution in [0.15, 0.2) is 30.3 Å². The quantitative estimate of drug-likeness (QED) is 0.601. The number of amides is 1. The molecule has 1 amide bonds. The van der Waals surface area contributed by atoms with Crippen molar-refractivity contribution in [2.24, 2.45) is 0 Å². The summed E-state index contributed by atoms with van der Waals surface area (Å²) in [5, 5.41) is 13.4. The first-order valence-corrected chi connectivity index (χ1v) is 9.24. The average molecular weight is 384 g/mol. The number of hydrogen-bond donors (Lipinski definition) is 1. The molecule has 1 fully saturated rings. The van der Waals surface area contributed by atoms with Crippen molar-refractivity contribution in [3.8, 4) is 0 Å². The smallest absolute Gasteiger partial charge is 0.269 e. The summed E-state index contributed by atoms with van der Waals surface area (Å²) in [6.45, 7) is 8.00. The third-order valence-electron chi connectivity index (χ3n) is 4.67. The Morgan fingerprint density at radius 3 is 2.43 bits per heavy atom. The molecule has 0 bridgehead atoms. The van der Waals surface area contributed by atoms with E-state index in [1.807, 2.05) is 19.9 Å². The Bertz CT molecular complexity index is 827. The molecule has 1 N–H and O–H groups in total. The molecule has 9 nitrogen and oxygen atoms in total. The lowest BCUT2D eigenvalue weighted by atomic mass is 10.2. The number of benzene rings is 1. The lowest BCUT2D eigenvalue weighted by molar-refractivity contribution is -0.384. The minimum Gasteiger partial charge on any atom is -0.354 e. The van der Waals surface area contributed by atoms with E-state index in [4.69, 9.17) is 0 Å². The van der Waals surface area contributed by atoms with Crippen molar-refractivity contribution >= 4 is 23.1 Å². The van der Waals surface area contributed by atoms with E-state index in [0.717, 1.165) is 43.5 Å². The van der Waals surface area contributed by atoms with E-state index in [2.05, 4.69) is 25.1 Å². The number of non-ortho nitro benzene ring substituents is 1. The van der Waals surface area contributed by atoms with Crippen LogP contribution in [0.25, 0.3) is 0 Å². The van der Waals surface area contributed by atoms with E-state index in [1.54, 1.807) is 12.1 Å². The van der Waals surface area contributed by atoms with E-state index in [0.29, 0.717) is 18.7 Å². The van der Waals surface area contributed by atoms with Gasteiger partial charge in [0, 0.05) is 68.7 Å². The van der Waals surface area contributed by atoms with Gasteiger partial charge in [0.1, 0.15) is 11.6 Å². The van der Waals surface area contributed by atoms with E-state index >= 15 is 0 Å². The largest absolute Gasteiger partial charge is 0.354 e. The number of nitro benzene ring substituents is 1. The summed E-state index contributed by atoms with van der Waals surface area (Å²) in [6.07, 6.45) is 0.378. The summed E-state index contributed by atoms with van der Waals surface area (Å²) in [4.78, 5) is 35.7. The zero-order valence-corrected chi connectivity index (χ0v) is 16.1. The van der Waals surface area contributed by atoms with Gasteiger partial charge < -0.3 is 10.2 Å². The number of aromatic nitrogens is 2. The Balaban J connectivity index is 1.43. The summed E-state index contributed by atoms with van der Waals surface area (Å²) < 4.78 is 0. The molecule has 2 heterocycles. The minimum absolute atomic E-state index is 0.00458. The molecule has 0 spiro atoms. The molecule has 1 aromatic carbocycles. The Morgan fingerprint density at radius 2 is 1.82 bits per heavy atom. The van der Waals surface area contributed by atoms with Crippen LogP contribution in [0.5, 0.6) is 0 Å². The number of anilines is 2. The molecule has 9 heteroatoms. The number of aryl methyl sites for hydroxylation is 2. The van der Waals surface area contributed by atoms with Gasteiger partial charge in [0.05, 0.1) is 4.92 Å². The number of nitrogens with zero attached hydrogens (tertiary/aromatic N) is 5. The van der Waals surface area contributed by atoms with Crippen LogP contribution in [-0.4, -0.2) is 58.4 Å². The van der Waals surface area contributed by atoms with Crippen LogP contribution in [0.4, 0.5) is 17.2 Å². The van der Waals surface area contributed by atoms with Crippen LogP contribution in [0.1, 0.15) is 17.9 Å². The predicted octanol–water partition coefficient (Wildman–Crippen LogP) is 2.15. The molecule has 0 atom stereocenters. The monoisotopic (exact) mass is 384 g/mol. The van der Waals surface area contributed by atoms with Gasteiger partial charge in [-0.15, -0.1) is 0 Å². The fourth-order valence-electron chi connectivity index (χ4n) is 3.21. The number of rotatable bonds is 6. The molecule has 2 aromatic rings. The van der Waals surface area contributed by atoms with Gasteiger partial charge in [0.2, 0.25) is 5.91 Å². The lowest BCUT2D eigenvalue weighted by Crippen LogP contribution is -2.47. The van der Waals surface area contributed by atoms with E-state index in [9.17, 15) is 14.9 Å². The summed E-state index contributed by atoms with van der Waals surface area (Å²) in [6, 6.07) is 7.85. The molecule has 1 aliphatic rings. The average Bonchev–Trinajstić information content (AvgIpc) is 2.66. The van der Waals surface area contributed by atoms with Crippen molar-refractivity contribution in [2.75, 3.05) is 42.9 Å². The third kappa shape index (κ3) is 5.23. The van der Waals surface area contributed by atoms with Gasteiger partial charge in [-0.2, -0.15) is 0 Å². The minimum atomic E-state index is -0.463. The normalized spacial score (nSPS) is 14.7.